The molecule has 0 saturated heterocycles. The molecule has 2 rings (SSSR count). The minimum Gasteiger partial charge on any atom is -0.481 e. The number of nitro groups is 1. The lowest BCUT2D eigenvalue weighted by atomic mass is 10.0. The predicted molar refractivity (Wildman–Crippen MR) is 110 cm³/mol. The Morgan fingerprint density at radius 1 is 1.30 bits per heavy atom. The van der Waals surface area contributed by atoms with Gasteiger partial charge in [0.2, 0.25) is 0 Å². The van der Waals surface area contributed by atoms with Gasteiger partial charge in [-0.05, 0) is 18.9 Å². The molecule has 0 aliphatic carbocycles. The summed E-state index contributed by atoms with van der Waals surface area (Å²) in [6.45, 7) is 4.00. The molecular formula is C20H24ClN3O6. The number of aryl methyl sites for hydroxylation is 1. The molecule has 0 bridgehead atoms. The molecule has 0 spiro atoms. The number of carbonyl (C=O) groups is 2. The standard InChI is InChI=1S/C20H24ClN3O6/c1-3-5-6-17-22-18(21)16(11-15(19(25)26)20(27)30-4-2)23(17)12-13-7-9-14(10-8-13)24(28)29/h7-10,15H,3-6,11-12H2,1-2H3,(H,25,26). The molecule has 0 radical (unpaired) electrons. The second kappa shape index (κ2) is 10.7. The number of hydrogen-bond acceptors (Lipinski definition) is 6. The van der Waals surface area contributed by atoms with E-state index < -0.39 is 22.8 Å². The Labute approximate surface area is 178 Å². The number of benzene rings is 1. The van der Waals surface area contributed by atoms with E-state index in [0.29, 0.717) is 24.5 Å². The van der Waals surface area contributed by atoms with Crippen LogP contribution in [0.2, 0.25) is 5.15 Å². The van der Waals surface area contributed by atoms with Gasteiger partial charge in [0.05, 0.1) is 17.2 Å². The molecule has 1 atom stereocenters. The molecule has 2 aromatic rings. The number of halogens is 1. The number of nitrogens with zero attached hydrogens (tertiary/aromatic N) is 3. The van der Waals surface area contributed by atoms with Crippen molar-refractivity contribution in [2.24, 2.45) is 5.92 Å². The van der Waals surface area contributed by atoms with Crippen LogP contribution in [-0.4, -0.2) is 38.1 Å². The zero-order chi connectivity index (χ0) is 22.3. The molecule has 0 amide bonds. The number of carboxylic acid groups (broad SMARTS) is 1. The van der Waals surface area contributed by atoms with Crippen LogP contribution in [0.15, 0.2) is 24.3 Å². The third kappa shape index (κ3) is 5.79. The fourth-order valence-electron chi connectivity index (χ4n) is 3.03. The van der Waals surface area contributed by atoms with Crippen molar-refractivity contribution in [3.63, 3.8) is 0 Å². The number of aliphatic carboxylic acids is 1. The maximum Gasteiger partial charge on any atom is 0.320 e. The Kier molecular flexibility index (Phi) is 8.35. The van der Waals surface area contributed by atoms with Crippen LogP contribution in [0.5, 0.6) is 0 Å². The van der Waals surface area contributed by atoms with Crippen molar-refractivity contribution in [2.75, 3.05) is 6.61 Å². The first-order valence-electron chi connectivity index (χ1n) is 9.64. The third-order valence-corrected chi connectivity index (χ3v) is 4.91. The van der Waals surface area contributed by atoms with Crippen LogP contribution in [0.25, 0.3) is 0 Å². The number of esters is 1. The van der Waals surface area contributed by atoms with Crippen LogP contribution in [0.1, 0.15) is 43.8 Å². The predicted octanol–water partition coefficient (Wildman–Crippen LogP) is 3.64. The number of rotatable bonds is 11. The molecule has 9 nitrogen and oxygen atoms in total. The van der Waals surface area contributed by atoms with E-state index >= 15 is 0 Å². The zero-order valence-electron chi connectivity index (χ0n) is 16.8. The summed E-state index contributed by atoms with van der Waals surface area (Å²) in [5, 5.41) is 20.5. The maximum atomic E-state index is 12.1. The lowest BCUT2D eigenvalue weighted by molar-refractivity contribution is -0.384. The van der Waals surface area contributed by atoms with Crippen molar-refractivity contribution in [3.8, 4) is 0 Å². The van der Waals surface area contributed by atoms with Gasteiger partial charge in [0.15, 0.2) is 11.1 Å². The lowest BCUT2D eigenvalue weighted by Gasteiger charge is -2.15. The fourth-order valence-corrected chi connectivity index (χ4v) is 3.30. The van der Waals surface area contributed by atoms with E-state index in [2.05, 4.69) is 4.98 Å². The van der Waals surface area contributed by atoms with Gasteiger partial charge >= 0.3 is 11.9 Å². The molecule has 0 aliphatic rings. The Bertz CT molecular complexity index is 910. The number of imidazole rings is 1. The van der Waals surface area contributed by atoms with Crippen LogP contribution in [0.4, 0.5) is 5.69 Å². The Balaban J connectivity index is 2.41. The summed E-state index contributed by atoms with van der Waals surface area (Å²) in [6, 6.07) is 6.05. The summed E-state index contributed by atoms with van der Waals surface area (Å²) >= 11 is 6.33. The first-order chi connectivity index (χ1) is 14.3. The second-order valence-corrected chi connectivity index (χ2v) is 7.08. The van der Waals surface area contributed by atoms with Gasteiger partial charge in [-0.3, -0.25) is 19.7 Å². The van der Waals surface area contributed by atoms with Crippen molar-refractivity contribution in [2.45, 2.75) is 46.1 Å². The molecule has 1 heterocycles. The number of non-ortho nitro benzene ring substituents is 1. The topological polar surface area (TPSA) is 125 Å². The van der Waals surface area contributed by atoms with Crippen LogP contribution >= 0.6 is 11.6 Å². The number of carboxylic acids is 1. The number of carbonyl (C=O) groups excluding carboxylic acids is 1. The normalized spacial score (nSPS) is 11.8. The number of aromatic nitrogens is 2. The number of hydrogen-bond donors (Lipinski definition) is 1. The third-order valence-electron chi connectivity index (χ3n) is 4.61. The lowest BCUT2D eigenvalue weighted by Crippen LogP contribution is -2.29. The summed E-state index contributed by atoms with van der Waals surface area (Å²) < 4.78 is 6.67. The van der Waals surface area contributed by atoms with Gasteiger partial charge in [-0.25, -0.2) is 4.98 Å². The van der Waals surface area contributed by atoms with Gasteiger partial charge in [0.1, 0.15) is 5.82 Å². The minimum atomic E-state index is -1.41. The van der Waals surface area contributed by atoms with Crippen molar-refractivity contribution in [1.29, 1.82) is 0 Å². The van der Waals surface area contributed by atoms with Gasteiger partial charge in [-0.1, -0.05) is 37.1 Å². The van der Waals surface area contributed by atoms with Crippen molar-refractivity contribution in [1.82, 2.24) is 9.55 Å². The minimum absolute atomic E-state index is 0.0258. The molecular weight excluding hydrogens is 414 g/mol. The van der Waals surface area contributed by atoms with Crippen molar-refractivity contribution >= 4 is 29.2 Å². The summed E-state index contributed by atoms with van der Waals surface area (Å²) in [5.41, 5.74) is 1.15. The summed E-state index contributed by atoms with van der Waals surface area (Å²) in [6.07, 6.45) is 2.24. The van der Waals surface area contributed by atoms with E-state index in [1.54, 1.807) is 23.6 Å². The van der Waals surface area contributed by atoms with E-state index in [1.807, 2.05) is 6.92 Å². The van der Waals surface area contributed by atoms with Crippen LogP contribution < -0.4 is 0 Å². The van der Waals surface area contributed by atoms with E-state index in [9.17, 15) is 24.8 Å². The highest BCUT2D eigenvalue weighted by atomic mass is 35.5. The van der Waals surface area contributed by atoms with E-state index in [1.165, 1.54) is 12.1 Å². The monoisotopic (exact) mass is 437 g/mol. The van der Waals surface area contributed by atoms with Crippen molar-refractivity contribution in [3.05, 3.63) is 56.6 Å². The Morgan fingerprint density at radius 3 is 2.50 bits per heavy atom. The first kappa shape index (κ1) is 23.3. The summed E-state index contributed by atoms with van der Waals surface area (Å²) in [5.74, 6) is -2.88. The van der Waals surface area contributed by atoms with Crippen molar-refractivity contribution < 1.29 is 24.4 Å². The summed E-state index contributed by atoms with van der Waals surface area (Å²) in [7, 11) is 0. The van der Waals surface area contributed by atoms with Gasteiger partial charge in [-0.15, -0.1) is 0 Å². The number of unbranched alkanes of at least 4 members (excludes halogenated alkanes) is 1. The van der Waals surface area contributed by atoms with E-state index in [-0.39, 0.29) is 23.9 Å². The molecule has 1 aromatic heterocycles. The molecule has 30 heavy (non-hydrogen) atoms. The Hall–Kier alpha value is -2.94. The first-order valence-corrected chi connectivity index (χ1v) is 10.0. The molecule has 1 aromatic carbocycles. The quantitative estimate of drug-likeness (QED) is 0.246. The molecule has 0 aliphatic heterocycles. The van der Waals surface area contributed by atoms with Crippen LogP contribution in [0, 0.1) is 16.0 Å². The van der Waals surface area contributed by atoms with Crippen LogP contribution in [-0.2, 0) is 33.7 Å². The average Bonchev–Trinajstić information content (AvgIpc) is 2.99. The molecule has 162 valence electrons. The van der Waals surface area contributed by atoms with E-state index in [4.69, 9.17) is 16.3 Å². The summed E-state index contributed by atoms with van der Waals surface area (Å²) in [4.78, 5) is 38.5. The second-order valence-electron chi connectivity index (χ2n) is 6.73. The molecule has 1 unspecified atom stereocenters. The average molecular weight is 438 g/mol. The van der Waals surface area contributed by atoms with Gasteiger partial charge in [0.25, 0.3) is 5.69 Å². The highest BCUT2D eigenvalue weighted by Gasteiger charge is 2.31. The highest BCUT2D eigenvalue weighted by molar-refractivity contribution is 6.30. The molecule has 1 N–H and O–H groups in total. The number of ether oxygens (including phenoxy) is 1. The maximum absolute atomic E-state index is 12.1. The van der Waals surface area contributed by atoms with Gasteiger partial charge in [-0.2, -0.15) is 0 Å². The zero-order valence-corrected chi connectivity index (χ0v) is 17.6. The molecule has 0 saturated carbocycles. The smallest absolute Gasteiger partial charge is 0.320 e. The van der Waals surface area contributed by atoms with Gasteiger partial charge < -0.3 is 14.4 Å². The van der Waals surface area contributed by atoms with E-state index in [0.717, 1.165) is 18.4 Å². The number of nitro benzene ring substituents is 1. The Morgan fingerprint density at radius 2 is 1.97 bits per heavy atom. The highest BCUT2D eigenvalue weighted by Crippen LogP contribution is 2.25. The van der Waals surface area contributed by atoms with Crippen LogP contribution in [0.3, 0.4) is 0 Å². The van der Waals surface area contributed by atoms with Gasteiger partial charge in [0, 0.05) is 31.5 Å². The fraction of sp³-hybridized carbons (Fsp3) is 0.450. The molecule has 0 fully saturated rings. The SMILES string of the molecule is CCCCc1nc(Cl)c(CC(C(=O)O)C(=O)OCC)n1Cc1ccc([N+](=O)[O-])cc1. The molecule has 10 heteroatoms. The largest absolute Gasteiger partial charge is 0.481 e.